The van der Waals surface area contributed by atoms with Gasteiger partial charge in [-0.15, -0.1) is 0 Å². The molecule has 2 aliphatic rings. The Hall–Kier alpha value is -2.66. The predicted octanol–water partition coefficient (Wildman–Crippen LogP) is 3.21. The summed E-state index contributed by atoms with van der Waals surface area (Å²) in [7, 11) is 0. The van der Waals surface area contributed by atoms with Crippen molar-refractivity contribution in [1.82, 2.24) is 9.80 Å². The fraction of sp³-hybridized carbons (Fsp3) is 0.440. The monoisotopic (exact) mass is 405 g/mol. The number of likely N-dealkylation sites (tertiary alicyclic amines) is 1. The molecule has 0 saturated carbocycles. The summed E-state index contributed by atoms with van der Waals surface area (Å²) in [6.45, 7) is 4.48. The van der Waals surface area contributed by atoms with Crippen molar-refractivity contribution in [3.8, 4) is 0 Å². The quantitative estimate of drug-likeness (QED) is 0.803. The molecule has 0 bridgehead atoms. The number of primary amides is 1. The van der Waals surface area contributed by atoms with Crippen molar-refractivity contribution in [3.05, 3.63) is 70.8 Å². The Balaban J connectivity index is 1.50. The van der Waals surface area contributed by atoms with E-state index in [1.165, 1.54) is 22.3 Å². The summed E-state index contributed by atoms with van der Waals surface area (Å²) in [5, 5.41) is 0. The Kier molecular flexibility index (Phi) is 6.18. The third-order valence-corrected chi connectivity index (χ3v) is 6.64. The number of fused-ring (bicyclic) bond motifs is 1. The van der Waals surface area contributed by atoms with Crippen LogP contribution in [0.4, 0.5) is 0 Å². The van der Waals surface area contributed by atoms with E-state index in [0.717, 1.165) is 19.4 Å². The van der Waals surface area contributed by atoms with E-state index in [1.54, 1.807) is 0 Å². The second kappa shape index (κ2) is 9.00. The Morgan fingerprint density at radius 1 is 1.03 bits per heavy atom. The topological polar surface area (TPSA) is 66.6 Å². The van der Waals surface area contributed by atoms with Crippen LogP contribution in [-0.4, -0.2) is 41.2 Å². The number of nitrogens with zero attached hydrogens (tertiary/aromatic N) is 2. The van der Waals surface area contributed by atoms with Crippen LogP contribution in [0.2, 0.25) is 0 Å². The molecule has 1 aliphatic carbocycles. The van der Waals surface area contributed by atoms with E-state index < -0.39 is 0 Å². The molecule has 158 valence electrons. The first-order valence-electron chi connectivity index (χ1n) is 11.0. The summed E-state index contributed by atoms with van der Waals surface area (Å²) in [4.78, 5) is 28.8. The highest BCUT2D eigenvalue weighted by Crippen LogP contribution is 2.36. The first-order valence-corrected chi connectivity index (χ1v) is 11.0. The number of hydrogen-bond acceptors (Lipinski definition) is 3. The van der Waals surface area contributed by atoms with Gasteiger partial charge in [0.1, 0.15) is 0 Å². The van der Waals surface area contributed by atoms with Gasteiger partial charge in [-0.05, 0) is 49.3 Å². The van der Waals surface area contributed by atoms with E-state index in [2.05, 4.69) is 60.4 Å². The van der Waals surface area contributed by atoms with Crippen LogP contribution in [-0.2, 0) is 22.6 Å². The van der Waals surface area contributed by atoms with Crippen molar-refractivity contribution in [2.45, 2.75) is 45.2 Å². The smallest absolute Gasteiger partial charge is 0.236 e. The molecular formula is C25H31N3O2. The first kappa shape index (κ1) is 20.6. The van der Waals surface area contributed by atoms with Crippen LogP contribution in [0.15, 0.2) is 48.5 Å². The summed E-state index contributed by atoms with van der Waals surface area (Å²) in [5.41, 5.74) is 10.7. The highest BCUT2D eigenvalue weighted by Gasteiger charge is 2.31. The summed E-state index contributed by atoms with van der Waals surface area (Å²) in [5.74, 6) is -0.195. The lowest BCUT2D eigenvalue weighted by atomic mass is 9.96. The summed E-state index contributed by atoms with van der Waals surface area (Å²) in [6, 6.07) is 17.4. The largest absolute Gasteiger partial charge is 0.369 e. The number of nitrogens with two attached hydrogens (primary N) is 1. The number of rotatable bonds is 6. The molecule has 1 saturated heterocycles. The second-order valence-electron chi connectivity index (χ2n) is 8.70. The van der Waals surface area contributed by atoms with Gasteiger partial charge in [-0.1, -0.05) is 54.1 Å². The van der Waals surface area contributed by atoms with Gasteiger partial charge in [-0.2, -0.15) is 0 Å². The summed E-state index contributed by atoms with van der Waals surface area (Å²) < 4.78 is 0. The third kappa shape index (κ3) is 4.57. The summed E-state index contributed by atoms with van der Waals surface area (Å²) >= 11 is 0. The average molecular weight is 406 g/mol. The Bertz CT molecular complexity index is 901. The molecular weight excluding hydrogens is 374 g/mol. The predicted molar refractivity (Wildman–Crippen MR) is 118 cm³/mol. The molecule has 1 atom stereocenters. The van der Waals surface area contributed by atoms with Gasteiger partial charge < -0.3 is 10.6 Å². The van der Waals surface area contributed by atoms with E-state index in [0.29, 0.717) is 32.5 Å². The standard InChI is InChI=1S/C25H31N3O2/c1-18-6-8-19(9-7-18)16-28(23-11-10-20-4-2-3-5-22(20)23)17-24(29)27-14-12-21(13-15-27)25(26)30/h2-9,21,23H,10-17H2,1H3,(H2,26,30). The molecule has 30 heavy (non-hydrogen) atoms. The SMILES string of the molecule is Cc1ccc(CN(CC(=O)N2CCC(C(N)=O)CC2)C2CCc3ccccc32)cc1. The zero-order chi connectivity index (χ0) is 21.1. The number of piperidine rings is 1. The van der Waals surface area contributed by atoms with Gasteiger partial charge in [0, 0.05) is 31.6 Å². The molecule has 5 heteroatoms. The maximum absolute atomic E-state index is 13.2. The molecule has 1 fully saturated rings. The molecule has 1 heterocycles. The van der Waals surface area contributed by atoms with Crippen LogP contribution in [0.5, 0.6) is 0 Å². The fourth-order valence-corrected chi connectivity index (χ4v) is 4.81. The molecule has 4 rings (SSSR count). The zero-order valence-electron chi connectivity index (χ0n) is 17.7. The number of benzene rings is 2. The molecule has 1 unspecified atom stereocenters. The molecule has 1 aliphatic heterocycles. The number of amides is 2. The van der Waals surface area contributed by atoms with Crippen LogP contribution >= 0.6 is 0 Å². The zero-order valence-corrected chi connectivity index (χ0v) is 17.7. The minimum Gasteiger partial charge on any atom is -0.369 e. The van der Waals surface area contributed by atoms with E-state index >= 15 is 0 Å². The van der Waals surface area contributed by atoms with E-state index in [-0.39, 0.29) is 23.8 Å². The number of aryl methyl sites for hydroxylation is 2. The van der Waals surface area contributed by atoms with Crippen LogP contribution in [0.25, 0.3) is 0 Å². The highest BCUT2D eigenvalue weighted by atomic mass is 16.2. The normalized spacial score (nSPS) is 19.1. The van der Waals surface area contributed by atoms with Gasteiger partial charge in [0.2, 0.25) is 11.8 Å². The minimum absolute atomic E-state index is 0.0978. The van der Waals surface area contributed by atoms with Crippen LogP contribution in [0, 0.1) is 12.8 Å². The van der Waals surface area contributed by atoms with Gasteiger partial charge >= 0.3 is 0 Å². The molecule has 2 aromatic carbocycles. The average Bonchev–Trinajstić information content (AvgIpc) is 3.19. The van der Waals surface area contributed by atoms with Gasteiger partial charge in [-0.25, -0.2) is 0 Å². The van der Waals surface area contributed by atoms with Crippen LogP contribution in [0.3, 0.4) is 0 Å². The molecule has 2 N–H and O–H groups in total. The molecule has 5 nitrogen and oxygen atoms in total. The Morgan fingerprint density at radius 3 is 2.43 bits per heavy atom. The van der Waals surface area contributed by atoms with Crippen molar-refractivity contribution < 1.29 is 9.59 Å². The first-order chi connectivity index (χ1) is 14.5. The maximum atomic E-state index is 13.2. The maximum Gasteiger partial charge on any atom is 0.236 e. The van der Waals surface area contributed by atoms with Crippen LogP contribution in [0.1, 0.15) is 47.6 Å². The van der Waals surface area contributed by atoms with Crippen molar-refractivity contribution in [2.24, 2.45) is 11.7 Å². The molecule has 0 radical (unpaired) electrons. The van der Waals surface area contributed by atoms with Gasteiger partial charge in [-0.3, -0.25) is 14.5 Å². The molecule has 2 amide bonds. The summed E-state index contributed by atoms with van der Waals surface area (Å²) in [6.07, 6.45) is 3.45. The number of carbonyl (C=O) groups excluding carboxylic acids is 2. The van der Waals surface area contributed by atoms with Gasteiger partial charge in [0.15, 0.2) is 0 Å². The fourth-order valence-electron chi connectivity index (χ4n) is 4.81. The molecule has 0 aromatic heterocycles. The number of carbonyl (C=O) groups is 2. The Morgan fingerprint density at radius 2 is 1.73 bits per heavy atom. The lowest BCUT2D eigenvalue weighted by Gasteiger charge is -2.34. The van der Waals surface area contributed by atoms with Crippen LogP contribution < -0.4 is 5.73 Å². The minimum atomic E-state index is -0.245. The van der Waals surface area contributed by atoms with Gasteiger partial charge in [0.25, 0.3) is 0 Å². The molecule has 0 spiro atoms. The lowest BCUT2D eigenvalue weighted by molar-refractivity contribution is -0.136. The van der Waals surface area contributed by atoms with Crippen molar-refractivity contribution in [2.75, 3.05) is 19.6 Å². The third-order valence-electron chi connectivity index (χ3n) is 6.64. The van der Waals surface area contributed by atoms with Gasteiger partial charge in [0.05, 0.1) is 6.54 Å². The van der Waals surface area contributed by atoms with E-state index in [4.69, 9.17) is 5.73 Å². The van der Waals surface area contributed by atoms with Crippen molar-refractivity contribution in [3.63, 3.8) is 0 Å². The lowest BCUT2D eigenvalue weighted by Crippen LogP contribution is -2.46. The van der Waals surface area contributed by atoms with E-state index in [9.17, 15) is 9.59 Å². The Labute approximate surface area is 178 Å². The second-order valence-corrected chi connectivity index (χ2v) is 8.70. The highest BCUT2D eigenvalue weighted by molar-refractivity contribution is 5.80. The van der Waals surface area contributed by atoms with E-state index in [1.807, 2.05) is 4.90 Å². The molecule has 2 aromatic rings. The van der Waals surface area contributed by atoms with Crippen molar-refractivity contribution in [1.29, 1.82) is 0 Å². The number of hydrogen-bond donors (Lipinski definition) is 1. The van der Waals surface area contributed by atoms with Crippen molar-refractivity contribution >= 4 is 11.8 Å².